The molecule has 5 heteroatoms. The van der Waals surface area contributed by atoms with E-state index in [4.69, 9.17) is 11.1 Å². The Kier molecular flexibility index (Phi) is 1.21. The van der Waals surface area contributed by atoms with Crippen LogP contribution in [0.3, 0.4) is 0 Å². The van der Waals surface area contributed by atoms with E-state index in [9.17, 15) is 13.2 Å². The van der Waals surface area contributed by atoms with Crippen LogP contribution < -0.4 is 5.73 Å². The van der Waals surface area contributed by atoms with Crippen LogP contribution in [0.2, 0.25) is 0 Å². The molecule has 0 aromatic carbocycles. The molecule has 0 aromatic heterocycles. The van der Waals surface area contributed by atoms with Gasteiger partial charge in [0.05, 0.1) is 0 Å². The van der Waals surface area contributed by atoms with Gasteiger partial charge in [-0.25, -0.2) is 0 Å². The average molecular weight is 152 g/mol. The second kappa shape index (κ2) is 1.65. The summed E-state index contributed by atoms with van der Waals surface area (Å²) < 4.78 is 35.8. The van der Waals surface area contributed by atoms with Crippen molar-refractivity contribution in [3.63, 3.8) is 0 Å². The molecule has 0 bridgehead atoms. The van der Waals surface area contributed by atoms with Crippen LogP contribution in [0.4, 0.5) is 13.2 Å². The molecule has 0 unspecified atom stereocenters. The Hall–Kier alpha value is -0.740. The summed E-state index contributed by atoms with van der Waals surface area (Å²) in [5.41, 5.74) is 2.83. The molecule has 10 heavy (non-hydrogen) atoms. The van der Waals surface area contributed by atoms with E-state index in [-0.39, 0.29) is 12.8 Å². The van der Waals surface area contributed by atoms with E-state index in [1.165, 1.54) is 0 Å². The Bertz CT molecular complexity index is 168. The zero-order valence-electron chi connectivity index (χ0n) is 5.13. The maximum absolute atomic E-state index is 11.9. The van der Waals surface area contributed by atoms with E-state index in [2.05, 4.69) is 0 Å². The van der Waals surface area contributed by atoms with Gasteiger partial charge in [0.25, 0.3) is 0 Å². The fourth-order valence-corrected chi connectivity index (χ4v) is 0.831. The first-order chi connectivity index (χ1) is 4.40. The first kappa shape index (κ1) is 7.37. The monoisotopic (exact) mass is 152 g/mol. The van der Waals surface area contributed by atoms with Gasteiger partial charge >= 0.3 is 6.18 Å². The fraction of sp³-hybridized carbons (Fsp3) is 0.800. The second-order valence-electron chi connectivity index (χ2n) is 2.49. The molecule has 58 valence electrons. The number of alkyl halides is 3. The predicted octanol–water partition coefficient (Wildman–Crippen LogP) is 1.26. The van der Waals surface area contributed by atoms with Gasteiger partial charge in [0.2, 0.25) is 0 Å². The van der Waals surface area contributed by atoms with E-state index in [0.717, 1.165) is 0 Å². The van der Waals surface area contributed by atoms with Crippen LogP contribution in [0.25, 0.3) is 0 Å². The maximum Gasteiger partial charge on any atom is 0.401 e. The third-order valence-electron chi connectivity index (χ3n) is 1.81. The Balaban J connectivity index is 2.80. The lowest BCUT2D eigenvalue weighted by atomic mass is 10.1. The summed E-state index contributed by atoms with van der Waals surface area (Å²) in [5, 5.41) is 6.67. The molecule has 1 aliphatic carbocycles. The van der Waals surface area contributed by atoms with Gasteiger partial charge in [-0.05, 0) is 12.8 Å². The fourth-order valence-electron chi connectivity index (χ4n) is 0.831. The maximum atomic E-state index is 11.9. The molecule has 0 aromatic rings. The summed E-state index contributed by atoms with van der Waals surface area (Å²) in [7, 11) is 0. The number of amidine groups is 1. The molecule has 1 saturated carbocycles. The van der Waals surface area contributed by atoms with Gasteiger partial charge in [-0.15, -0.1) is 0 Å². The highest BCUT2D eigenvalue weighted by Crippen LogP contribution is 2.57. The van der Waals surface area contributed by atoms with Crippen molar-refractivity contribution in [1.29, 1.82) is 5.41 Å². The van der Waals surface area contributed by atoms with Crippen molar-refractivity contribution in [2.24, 2.45) is 11.1 Å². The molecule has 0 saturated heterocycles. The van der Waals surface area contributed by atoms with Crippen LogP contribution >= 0.6 is 0 Å². The first-order valence-electron chi connectivity index (χ1n) is 2.81. The Morgan fingerprint density at radius 2 is 1.80 bits per heavy atom. The minimum atomic E-state index is -4.32. The molecule has 0 aliphatic heterocycles. The molecule has 0 atom stereocenters. The van der Waals surface area contributed by atoms with Crippen molar-refractivity contribution in [1.82, 2.24) is 0 Å². The lowest BCUT2D eigenvalue weighted by molar-refractivity contribution is -0.165. The van der Waals surface area contributed by atoms with Crippen LogP contribution in [-0.4, -0.2) is 12.0 Å². The largest absolute Gasteiger partial charge is 0.401 e. The third kappa shape index (κ3) is 0.767. The summed E-state index contributed by atoms with van der Waals surface area (Å²) in [4.78, 5) is 0. The second-order valence-corrected chi connectivity index (χ2v) is 2.49. The van der Waals surface area contributed by atoms with E-state index >= 15 is 0 Å². The standard InChI is InChI=1S/C5H7F3N2/c6-5(7,8)4(1-2-4)3(9)10/h1-2H2,(H3,9,10). The van der Waals surface area contributed by atoms with Gasteiger partial charge in [0.1, 0.15) is 11.3 Å². The minimum absolute atomic E-state index is 0.0220. The summed E-state index contributed by atoms with van der Waals surface area (Å²) >= 11 is 0. The van der Waals surface area contributed by atoms with E-state index in [0.29, 0.717) is 0 Å². The molecule has 0 spiro atoms. The van der Waals surface area contributed by atoms with Crippen molar-refractivity contribution in [3.8, 4) is 0 Å². The lowest BCUT2D eigenvalue weighted by Crippen LogP contribution is -2.37. The van der Waals surface area contributed by atoms with E-state index < -0.39 is 17.4 Å². The molecule has 0 heterocycles. The first-order valence-corrected chi connectivity index (χ1v) is 2.81. The summed E-state index contributed by atoms with van der Waals surface area (Å²) in [6, 6.07) is 0. The van der Waals surface area contributed by atoms with Crippen molar-refractivity contribution in [2.45, 2.75) is 19.0 Å². The van der Waals surface area contributed by atoms with Crippen molar-refractivity contribution >= 4 is 5.84 Å². The number of rotatable bonds is 1. The summed E-state index contributed by atoms with van der Waals surface area (Å²) in [6.45, 7) is 0. The Labute approximate surface area is 55.7 Å². The van der Waals surface area contributed by atoms with Crippen LogP contribution in [0.1, 0.15) is 12.8 Å². The normalized spacial score (nSPS) is 22.3. The molecule has 0 amide bonds. The highest BCUT2D eigenvalue weighted by Gasteiger charge is 2.65. The molecule has 0 radical (unpaired) electrons. The van der Waals surface area contributed by atoms with Gasteiger partial charge < -0.3 is 5.73 Å². The van der Waals surface area contributed by atoms with Crippen LogP contribution in [0, 0.1) is 10.8 Å². The van der Waals surface area contributed by atoms with E-state index in [1.807, 2.05) is 0 Å². The number of nitrogens with two attached hydrogens (primary N) is 1. The highest BCUT2D eigenvalue weighted by molar-refractivity contribution is 5.87. The average Bonchev–Trinajstić information content (AvgIpc) is 2.36. The smallest absolute Gasteiger partial charge is 0.387 e. The number of halogens is 3. The topological polar surface area (TPSA) is 49.9 Å². The molecular formula is C5H7F3N2. The van der Waals surface area contributed by atoms with Crippen molar-refractivity contribution < 1.29 is 13.2 Å². The van der Waals surface area contributed by atoms with Gasteiger partial charge in [-0.3, -0.25) is 5.41 Å². The Morgan fingerprint density at radius 1 is 1.40 bits per heavy atom. The summed E-state index contributed by atoms with van der Waals surface area (Å²) in [6.07, 6.45) is -4.36. The van der Waals surface area contributed by atoms with Crippen LogP contribution in [0.5, 0.6) is 0 Å². The number of nitrogens with one attached hydrogen (secondary N) is 1. The number of hydrogen-bond donors (Lipinski definition) is 2. The SMILES string of the molecule is N=C(N)C1(C(F)(F)F)CC1. The Morgan fingerprint density at radius 3 is 1.80 bits per heavy atom. The minimum Gasteiger partial charge on any atom is -0.387 e. The van der Waals surface area contributed by atoms with E-state index in [1.54, 1.807) is 0 Å². The van der Waals surface area contributed by atoms with Gasteiger partial charge in [0, 0.05) is 0 Å². The highest BCUT2D eigenvalue weighted by atomic mass is 19.4. The predicted molar refractivity (Wildman–Crippen MR) is 29.6 cm³/mol. The molecule has 1 aliphatic rings. The van der Waals surface area contributed by atoms with Gasteiger partial charge in [-0.2, -0.15) is 13.2 Å². The molecule has 1 fully saturated rings. The molecule has 2 nitrogen and oxygen atoms in total. The van der Waals surface area contributed by atoms with Crippen molar-refractivity contribution in [2.75, 3.05) is 0 Å². The third-order valence-corrected chi connectivity index (χ3v) is 1.81. The zero-order chi connectivity index (χ0) is 7.99. The van der Waals surface area contributed by atoms with Crippen LogP contribution in [-0.2, 0) is 0 Å². The lowest BCUT2D eigenvalue weighted by Gasteiger charge is -2.16. The van der Waals surface area contributed by atoms with Gasteiger partial charge in [0.15, 0.2) is 0 Å². The number of hydrogen-bond acceptors (Lipinski definition) is 1. The zero-order valence-corrected chi connectivity index (χ0v) is 5.13. The molecular weight excluding hydrogens is 145 g/mol. The van der Waals surface area contributed by atoms with Crippen molar-refractivity contribution in [3.05, 3.63) is 0 Å². The van der Waals surface area contributed by atoms with Crippen LogP contribution in [0.15, 0.2) is 0 Å². The molecule has 3 N–H and O–H groups in total. The molecule has 1 rings (SSSR count). The summed E-state index contributed by atoms with van der Waals surface area (Å²) in [5.74, 6) is -0.750. The quantitative estimate of drug-likeness (QED) is 0.431. The van der Waals surface area contributed by atoms with Gasteiger partial charge in [-0.1, -0.05) is 0 Å².